The molecule has 4 heteroatoms. The molecular weight excluding hydrogens is 228 g/mol. The van der Waals surface area contributed by atoms with Crippen molar-refractivity contribution in [2.45, 2.75) is 45.3 Å². The number of morpholine rings is 1. The van der Waals surface area contributed by atoms with Crippen molar-refractivity contribution in [3.8, 4) is 0 Å². The third-order valence-corrected chi connectivity index (χ3v) is 4.25. The minimum atomic E-state index is -0.138. The van der Waals surface area contributed by atoms with Crippen molar-refractivity contribution in [3.63, 3.8) is 0 Å². The summed E-state index contributed by atoms with van der Waals surface area (Å²) in [6.07, 6.45) is 3.60. The zero-order chi connectivity index (χ0) is 13.2. The van der Waals surface area contributed by atoms with E-state index in [9.17, 15) is 4.79 Å². The molecule has 1 aliphatic heterocycles. The molecule has 0 unspecified atom stereocenters. The second-order valence-electron chi connectivity index (χ2n) is 4.87. The molecule has 100 valence electrons. The topological polar surface area (TPSA) is 45.3 Å². The molecule has 1 atom stereocenters. The van der Waals surface area contributed by atoms with Crippen LogP contribution in [-0.2, 0) is 4.74 Å². The number of nitrogens with zero attached hydrogens (tertiary/aromatic N) is 1. The highest BCUT2D eigenvalue weighted by Gasteiger charge is 2.41. The van der Waals surface area contributed by atoms with Gasteiger partial charge in [-0.25, -0.2) is 0 Å². The maximum atomic E-state index is 11.9. The van der Waals surface area contributed by atoms with Crippen LogP contribution >= 0.6 is 0 Å². The van der Waals surface area contributed by atoms with Gasteiger partial charge in [0.05, 0.1) is 18.2 Å². The summed E-state index contributed by atoms with van der Waals surface area (Å²) in [5.74, 6) is 0. The Labute approximate surface area is 108 Å². The molecule has 1 aliphatic rings. The number of rotatable bonds is 3. The molecular formula is C14H22N2O2. The summed E-state index contributed by atoms with van der Waals surface area (Å²) in [6.45, 7) is 7.91. The van der Waals surface area contributed by atoms with Crippen LogP contribution < -0.4 is 10.5 Å². The summed E-state index contributed by atoms with van der Waals surface area (Å²) in [5.41, 5.74) is 0.590. The Morgan fingerprint density at radius 1 is 1.50 bits per heavy atom. The van der Waals surface area contributed by atoms with Crippen LogP contribution in [0.5, 0.6) is 0 Å². The van der Waals surface area contributed by atoms with E-state index in [0.717, 1.165) is 25.1 Å². The van der Waals surface area contributed by atoms with Crippen molar-refractivity contribution in [1.29, 1.82) is 0 Å². The Hall–Kier alpha value is -1.29. The predicted octanol–water partition coefficient (Wildman–Crippen LogP) is 2.16. The molecule has 0 aromatic carbocycles. The highest BCUT2D eigenvalue weighted by molar-refractivity contribution is 5.46. The quantitative estimate of drug-likeness (QED) is 0.894. The van der Waals surface area contributed by atoms with Crippen molar-refractivity contribution >= 4 is 5.69 Å². The fourth-order valence-electron chi connectivity index (χ4n) is 2.96. The van der Waals surface area contributed by atoms with Gasteiger partial charge in [-0.1, -0.05) is 13.8 Å². The minimum absolute atomic E-state index is 0.0210. The first-order chi connectivity index (χ1) is 8.64. The Balaban J connectivity index is 2.35. The largest absolute Gasteiger partial charge is 0.371 e. The zero-order valence-corrected chi connectivity index (χ0v) is 11.4. The van der Waals surface area contributed by atoms with Gasteiger partial charge in [0.25, 0.3) is 5.56 Å². The van der Waals surface area contributed by atoms with E-state index >= 15 is 0 Å². The average Bonchev–Trinajstić information content (AvgIpc) is 2.40. The van der Waals surface area contributed by atoms with Gasteiger partial charge < -0.3 is 14.6 Å². The Morgan fingerprint density at radius 2 is 2.22 bits per heavy atom. The number of H-pyrrole nitrogens is 1. The summed E-state index contributed by atoms with van der Waals surface area (Å²) >= 11 is 0. The molecule has 0 aliphatic carbocycles. The normalized spacial score (nSPS) is 23.1. The van der Waals surface area contributed by atoms with E-state index in [1.165, 1.54) is 0 Å². The van der Waals surface area contributed by atoms with Crippen LogP contribution in [-0.4, -0.2) is 29.8 Å². The third kappa shape index (κ3) is 2.05. The molecule has 0 bridgehead atoms. The number of ether oxygens (including phenoxy) is 1. The molecule has 0 saturated carbocycles. The highest BCUT2D eigenvalue weighted by atomic mass is 16.5. The third-order valence-electron chi connectivity index (χ3n) is 4.25. The molecule has 0 amide bonds. The number of nitrogens with one attached hydrogen (secondary N) is 1. The lowest BCUT2D eigenvalue weighted by Gasteiger charge is -2.48. The van der Waals surface area contributed by atoms with Crippen molar-refractivity contribution in [2.24, 2.45) is 0 Å². The van der Waals surface area contributed by atoms with Gasteiger partial charge in [-0.05, 0) is 31.9 Å². The first-order valence-electron chi connectivity index (χ1n) is 6.73. The van der Waals surface area contributed by atoms with Gasteiger partial charge >= 0.3 is 0 Å². The van der Waals surface area contributed by atoms with Crippen LogP contribution in [0, 0.1) is 0 Å². The number of aromatic nitrogens is 1. The van der Waals surface area contributed by atoms with E-state index in [1.54, 1.807) is 6.20 Å². The SMILES string of the molecule is CCC1(CC)OCCN(c2ccc[nH]c2=O)[C@H]1C. The van der Waals surface area contributed by atoms with E-state index in [2.05, 4.69) is 30.7 Å². The van der Waals surface area contributed by atoms with Gasteiger partial charge in [-0.2, -0.15) is 0 Å². The summed E-state index contributed by atoms with van der Waals surface area (Å²) in [5, 5.41) is 0. The molecule has 2 rings (SSSR count). The van der Waals surface area contributed by atoms with Crippen LogP contribution in [0.3, 0.4) is 0 Å². The maximum absolute atomic E-state index is 11.9. The summed E-state index contributed by atoms with van der Waals surface area (Å²) < 4.78 is 6.01. The second kappa shape index (κ2) is 5.14. The van der Waals surface area contributed by atoms with Crippen LogP contribution in [0.15, 0.2) is 23.1 Å². The lowest BCUT2D eigenvalue weighted by molar-refractivity contribution is -0.0849. The Morgan fingerprint density at radius 3 is 2.83 bits per heavy atom. The van der Waals surface area contributed by atoms with E-state index < -0.39 is 0 Å². The molecule has 1 N–H and O–H groups in total. The Bertz CT molecular complexity index is 451. The molecule has 1 aromatic rings. The van der Waals surface area contributed by atoms with Gasteiger partial charge in [-0.15, -0.1) is 0 Å². The van der Waals surface area contributed by atoms with Crippen molar-refractivity contribution in [1.82, 2.24) is 4.98 Å². The van der Waals surface area contributed by atoms with Crippen LogP contribution in [0.1, 0.15) is 33.6 Å². The first kappa shape index (κ1) is 13.1. The zero-order valence-electron chi connectivity index (χ0n) is 11.4. The molecule has 1 fully saturated rings. The number of pyridine rings is 1. The van der Waals surface area contributed by atoms with E-state index in [1.807, 2.05) is 12.1 Å². The summed E-state index contributed by atoms with van der Waals surface area (Å²) in [7, 11) is 0. The fraction of sp³-hybridized carbons (Fsp3) is 0.643. The van der Waals surface area contributed by atoms with E-state index in [4.69, 9.17) is 4.74 Å². The molecule has 18 heavy (non-hydrogen) atoms. The molecule has 1 saturated heterocycles. The van der Waals surface area contributed by atoms with E-state index in [0.29, 0.717) is 6.61 Å². The van der Waals surface area contributed by atoms with Crippen LogP contribution in [0.2, 0.25) is 0 Å². The molecule has 1 aromatic heterocycles. The van der Waals surface area contributed by atoms with Crippen molar-refractivity contribution < 1.29 is 4.74 Å². The number of hydrogen-bond donors (Lipinski definition) is 1. The number of anilines is 1. The number of aromatic amines is 1. The van der Waals surface area contributed by atoms with Crippen molar-refractivity contribution in [2.75, 3.05) is 18.1 Å². The first-order valence-corrected chi connectivity index (χ1v) is 6.73. The predicted molar refractivity (Wildman–Crippen MR) is 73.1 cm³/mol. The minimum Gasteiger partial charge on any atom is -0.371 e. The highest BCUT2D eigenvalue weighted by Crippen LogP contribution is 2.33. The Kier molecular flexibility index (Phi) is 3.76. The van der Waals surface area contributed by atoms with Gasteiger partial charge in [0.15, 0.2) is 0 Å². The molecule has 0 spiro atoms. The average molecular weight is 250 g/mol. The molecule has 2 heterocycles. The van der Waals surface area contributed by atoms with Gasteiger partial charge in [0.2, 0.25) is 0 Å². The van der Waals surface area contributed by atoms with Gasteiger partial charge in [-0.3, -0.25) is 4.79 Å². The lowest BCUT2D eigenvalue weighted by Crippen LogP contribution is -2.59. The van der Waals surface area contributed by atoms with Crippen LogP contribution in [0.4, 0.5) is 5.69 Å². The maximum Gasteiger partial charge on any atom is 0.271 e. The smallest absolute Gasteiger partial charge is 0.271 e. The summed E-state index contributed by atoms with van der Waals surface area (Å²) in [4.78, 5) is 16.8. The standard InChI is InChI=1S/C14H22N2O2/c1-4-14(5-2)11(3)16(9-10-18-14)12-7-6-8-15-13(12)17/h6-8,11H,4-5,9-10H2,1-3H3,(H,15,17)/t11-/m0/s1. The molecule has 4 nitrogen and oxygen atoms in total. The fourth-order valence-corrected chi connectivity index (χ4v) is 2.96. The number of hydrogen-bond acceptors (Lipinski definition) is 3. The van der Waals surface area contributed by atoms with Crippen LogP contribution in [0.25, 0.3) is 0 Å². The van der Waals surface area contributed by atoms with Gasteiger partial charge in [0.1, 0.15) is 5.69 Å². The molecule has 0 radical (unpaired) electrons. The van der Waals surface area contributed by atoms with Gasteiger partial charge in [0, 0.05) is 12.7 Å². The van der Waals surface area contributed by atoms with E-state index in [-0.39, 0.29) is 17.2 Å². The monoisotopic (exact) mass is 250 g/mol. The second-order valence-corrected chi connectivity index (χ2v) is 4.87. The summed E-state index contributed by atoms with van der Waals surface area (Å²) in [6, 6.07) is 3.97. The van der Waals surface area contributed by atoms with Crippen molar-refractivity contribution in [3.05, 3.63) is 28.7 Å². The lowest BCUT2D eigenvalue weighted by atomic mass is 9.86.